The second-order valence-corrected chi connectivity index (χ2v) is 6.96. The molecule has 0 amide bonds. The van der Waals surface area contributed by atoms with Crippen molar-refractivity contribution in [2.24, 2.45) is 0 Å². The standard InChI is InChI=1S/C20H24FN5O/c1-15(25-9-11-27-12-10-25)14-24(2)20-13-18(16-5-3-4-6-17(16)21)23-19-7-8-22-26(19)20/h3-8,13,15H,9-12,14H2,1-2H3. The first-order valence-electron chi connectivity index (χ1n) is 9.26. The lowest BCUT2D eigenvalue weighted by Gasteiger charge is -2.35. The third-order valence-corrected chi connectivity index (χ3v) is 5.09. The van der Waals surface area contributed by atoms with Crippen LogP contribution in [0.2, 0.25) is 0 Å². The first-order chi connectivity index (χ1) is 13.1. The fourth-order valence-corrected chi connectivity index (χ4v) is 3.60. The van der Waals surface area contributed by atoms with Crippen molar-refractivity contribution in [3.05, 3.63) is 48.4 Å². The largest absolute Gasteiger partial charge is 0.379 e. The molecule has 3 aromatic rings. The topological polar surface area (TPSA) is 45.9 Å². The Morgan fingerprint density at radius 2 is 2.00 bits per heavy atom. The van der Waals surface area contributed by atoms with Crippen LogP contribution < -0.4 is 4.90 Å². The van der Waals surface area contributed by atoms with Crippen LogP contribution in [0.3, 0.4) is 0 Å². The van der Waals surface area contributed by atoms with Crippen LogP contribution in [0.5, 0.6) is 0 Å². The van der Waals surface area contributed by atoms with E-state index in [4.69, 9.17) is 4.74 Å². The van der Waals surface area contributed by atoms with Crippen LogP contribution in [0.15, 0.2) is 42.6 Å². The Labute approximate surface area is 158 Å². The zero-order valence-electron chi connectivity index (χ0n) is 15.7. The predicted octanol–water partition coefficient (Wildman–Crippen LogP) is 2.69. The van der Waals surface area contributed by atoms with E-state index in [0.717, 1.165) is 38.7 Å². The van der Waals surface area contributed by atoms with Gasteiger partial charge in [0.1, 0.15) is 11.6 Å². The molecule has 27 heavy (non-hydrogen) atoms. The molecule has 0 saturated carbocycles. The van der Waals surface area contributed by atoms with Crippen molar-refractivity contribution in [1.82, 2.24) is 19.5 Å². The minimum absolute atomic E-state index is 0.274. The number of likely N-dealkylation sites (N-methyl/N-ethyl adjacent to an activating group) is 1. The number of ether oxygens (including phenoxy) is 1. The number of nitrogens with zero attached hydrogens (tertiary/aromatic N) is 5. The van der Waals surface area contributed by atoms with Crippen LogP contribution in [0.1, 0.15) is 6.92 Å². The second-order valence-electron chi connectivity index (χ2n) is 6.96. The van der Waals surface area contributed by atoms with Crippen molar-refractivity contribution < 1.29 is 9.13 Å². The molecule has 0 spiro atoms. The Balaban J connectivity index is 1.66. The van der Waals surface area contributed by atoms with Gasteiger partial charge >= 0.3 is 0 Å². The normalized spacial score (nSPS) is 16.6. The quantitative estimate of drug-likeness (QED) is 0.692. The molecule has 0 aliphatic carbocycles. The number of rotatable bonds is 5. The van der Waals surface area contributed by atoms with Crippen LogP contribution in [0, 0.1) is 5.82 Å². The number of morpholine rings is 1. The first kappa shape index (κ1) is 17.9. The summed E-state index contributed by atoms with van der Waals surface area (Å²) in [5.41, 5.74) is 1.82. The van der Waals surface area contributed by atoms with Crippen molar-refractivity contribution in [2.45, 2.75) is 13.0 Å². The molecule has 7 heteroatoms. The molecule has 1 atom stereocenters. The van der Waals surface area contributed by atoms with Gasteiger partial charge in [-0.25, -0.2) is 9.37 Å². The summed E-state index contributed by atoms with van der Waals surface area (Å²) in [5, 5.41) is 4.40. The van der Waals surface area contributed by atoms with Crippen LogP contribution in [-0.4, -0.2) is 65.4 Å². The highest BCUT2D eigenvalue weighted by molar-refractivity contribution is 5.67. The highest BCUT2D eigenvalue weighted by atomic mass is 19.1. The Morgan fingerprint density at radius 1 is 1.22 bits per heavy atom. The Bertz CT molecular complexity index is 922. The van der Waals surface area contributed by atoms with E-state index >= 15 is 0 Å². The van der Waals surface area contributed by atoms with Gasteiger partial charge in [0.15, 0.2) is 5.65 Å². The van der Waals surface area contributed by atoms with Gasteiger partial charge in [-0.2, -0.15) is 9.61 Å². The molecule has 0 radical (unpaired) electrons. The predicted molar refractivity (Wildman–Crippen MR) is 104 cm³/mol. The van der Waals surface area contributed by atoms with Crippen molar-refractivity contribution in [3.63, 3.8) is 0 Å². The Hall–Kier alpha value is -2.51. The molecular formula is C20H24FN5O. The van der Waals surface area contributed by atoms with E-state index in [1.165, 1.54) is 6.07 Å². The average molecular weight is 369 g/mol. The maximum Gasteiger partial charge on any atom is 0.157 e. The second kappa shape index (κ2) is 7.62. The van der Waals surface area contributed by atoms with Crippen LogP contribution >= 0.6 is 0 Å². The number of hydrogen-bond acceptors (Lipinski definition) is 5. The molecule has 1 aliphatic heterocycles. The summed E-state index contributed by atoms with van der Waals surface area (Å²) in [4.78, 5) is 9.17. The zero-order valence-corrected chi connectivity index (χ0v) is 15.7. The fraction of sp³-hybridized carbons (Fsp3) is 0.400. The summed E-state index contributed by atoms with van der Waals surface area (Å²) in [6, 6.07) is 10.8. The molecular weight excluding hydrogens is 345 g/mol. The minimum Gasteiger partial charge on any atom is -0.379 e. The highest BCUT2D eigenvalue weighted by Crippen LogP contribution is 2.26. The average Bonchev–Trinajstić information content (AvgIpc) is 3.16. The molecule has 0 bridgehead atoms. The molecule has 6 nitrogen and oxygen atoms in total. The summed E-state index contributed by atoms with van der Waals surface area (Å²) in [6.45, 7) is 6.51. The fourth-order valence-electron chi connectivity index (χ4n) is 3.60. The molecule has 1 unspecified atom stereocenters. The lowest BCUT2D eigenvalue weighted by molar-refractivity contribution is 0.0217. The van der Waals surface area contributed by atoms with E-state index in [-0.39, 0.29) is 5.82 Å². The van der Waals surface area contributed by atoms with E-state index in [9.17, 15) is 4.39 Å². The number of hydrogen-bond donors (Lipinski definition) is 0. The number of aromatic nitrogens is 3. The van der Waals surface area contributed by atoms with E-state index in [1.54, 1.807) is 22.8 Å². The smallest absolute Gasteiger partial charge is 0.157 e. The molecule has 3 heterocycles. The zero-order chi connectivity index (χ0) is 18.8. The Kier molecular flexibility index (Phi) is 5.05. The highest BCUT2D eigenvalue weighted by Gasteiger charge is 2.20. The van der Waals surface area contributed by atoms with Gasteiger partial charge in [-0.1, -0.05) is 12.1 Å². The van der Waals surface area contributed by atoms with Gasteiger partial charge in [-0.3, -0.25) is 4.90 Å². The molecule has 142 valence electrons. The number of anilines is 1. The van der Waals surface area contributed by atoms with E-state index in [0.29, 0.717) is 22.9 Å². The van der Waals surface area contributed by atoms with E-state index in [1.807, 2.05) is 25.2 Å². The SMILES string of the molecule is CC(CN(C)c1cc(-c2ccccc2F)nc2ccnn12)N1CCOCC1. The minimum atomic E-state index is -0.274. The van der Waals surface area contributed by atoms with Gasteiger partial charge in [0, 0.05) is 50.4 Å². The number of halogens is 1. The molecule has 1 fully saturated rings. The summed E-state index contributed by atoms with van der Waals surface area (Å²) < 4.78 is 21.5. The summed E-state index contributed by atoms with van der Waals surface area (Å²) in [6.07, 6.45) is 1.72. The molecule has 0 N–H and O–H groups in total. The lowest BCUT2D eigenvalue weighted by atomic mass is 10.1. The Morgan fingerprint density at radius 3 is 2.78 bits per heavy atom. The van der Waals surface area contributed by atoms with Crippen LogP contribution in [-0.2, 0) is 4.74 Å². The summed E-state index contributed by atoms with van der Waals surface area (Å²) in [5.74, 6) is 0.618. The van der Waals surface area contributed by atoms with Crippen molar-refractivity contribution in [1.29, 1.82) is 0 Å². The van der Waals surface area contributed by atoms with Gasteiger partial charge in [-0.15, -0.1) is 0 Å². The van der Waals surface area contributed by atoms with E-state index in [2.05, 4.69) is 26.8 Å². The van der Waals surface area contributed by atoms with Gasteiger partial charge in [-0.05, 0) is 19.1 Å². The van der Waals surface area contributed by atoms with Crippen molar-refractivity contribution in [2.75, 3.05) is 44.8 Å². The van der Waals surface area contributed by atoms with Crippen molar-refractivity contribution >= 4 is 11.5 Å². The van der Waals surface area contributed by atoms with Crippen LogP contribution in [0.25, 0.3) is 16.9 Å². The number of benzene rings is 1. The lowest BCUT2D eigenvalue weighted by Crippen LogP contribution is -2.47. The molecule has 2 aromatic heterocycles. The molecule has 1 aromatic carbocycles. The monoisotopic (exact) mass is 369 g/mol. The maximum absolute atomic E-state index is 14.3. The van der Waals surface area contributed by atoms with Gasteiger partial charge in [0.05, 0.1) is 25.1 Å². The van der Waals surface area contributed by atoms with Gasteiger partial charge in [0.2, 0.25) is 0 Å². The molecule has 1 saturated heterocycles. The van der Waals surface area contributed by atoms with Crippen molar-refractivity contribution in [3.8, 4) is 11.3 Å². The maximum atomic E-state index is 14.3. The number of fused-ring (bicyclic) bond motifs is 1. The molecule has 4 rings (SSSR count). The van der Waals surface area contributed by atoms with Gasteiger partial charge in [0.25, 0.3) is 0 Å². The third-order valence-electron chi connectivity index (χ3n) is 5.09. The third kappa shape index (κ3) is 3.65. The summed E-state index contributed by atoms with van der Waals surface area (Å²) >= 11 is 0. The van der Waals surface area contributed by atoms with E-state index < -0.39 is 0 Å². The van der Waals surface area contributed by atoms with Crippen LogP contribution in [0.4, 0.5) is 10.2 Å². The van der Waals surface area contributed by atoms with Gasteiger partial charge < -0.3 is 9.64 Å². The molecule has 1 aliphatic rings. The first-order valence-corrected chi connectivity index (χ1v) is 9.26. The summed E-state index contributed by atoms with van der Waals surface area (Å²) in [7, 11) is 2.04.